The van der Waals surface area contributed by atoms with Crippen molar-refractivity contribution < 1.29 is 8.42 Å². The Morgan fingerprint density at radius 1 is 1.14 bits per heavy atom. The van der Waals surface area contributed by atoms with Crippen LogP contribution in [-0.2, 0) is 10.0 Å². The molecule has 1 aromatic carbocycles. The van der Waals surface area contributed by atoms with Crippen molar-refractivity contribution in [3.63, 3.8) is 0 Å². The number of hydrogen-bond donors (Lipinski definition) is 2. The zero-order valence-corrected chi connectivity index (χ0v) is 14.1. The first-order chi connectivity index (χ1) is 9.85. The Hall–Kier alpha value is -1.07. The lowest BCUT2D eigenvalue weighted by Crippen LogP contribution is -2.37. The standard InChI is InChI=1S/C16H26N2O2S/c1-11-8-9-14(21(19,20)17-4)10-15(11)18-16-12(2)6-5-7-13(16)3/h8-10,12-13,16-18H,5-7H2,1-4H3. The molecule has 2 N–H and O–H groups in total. The van der Waals surface area contributed by atoms with E-state index in [0.717, 1.165) is 11.3 Å². The van der Waals surface area contributed by atoms with Crippen LogP contribution < -0.4 is 10.0 Å². The number of benzene rings is 1. The van der Waals surface area contributed by atoms with Crippen LogP contribution in [0.3, 0.4) is 0 Å². The van der Waals surface area contributed by atoms with Gasteiger partial charge in [0.2, 0.25) is 10.0 Å². The summed E-state index contributed by atoms with van der Waals surface area (Å²) in [6.45, 7) is 6.56. The highest BCUT2D eigenvalue weighted by Crippen LogP contribution is 2.32. The van der Waals surface area contributed by atoms with Crippen molar-refractivity contribution in [3.8, 4) is 0 Å². The number of hydrogen-bond acceptors (Lipinski definition) is 3. The van der Waals surface area contributed by atoms with Gasteiger partial charge in [0, 0.05) is 11.7 Å². The van der Waals surface area contributed by atoms with Gasteiger partial charge in [0.25, 0.3) is 0 Å². The molecule has 4 nitrogen and oxygen atoms in total. The summed E-state index contributed by atoms with van der Waals surface area (Å²) in [6, 6.07) is 5.67. The molecule has 5 heteroatoms. The summed E-state index contributed by atoms with van der Waals surface area (Å²) >= 11 is 0. The second-order valence-electron chi connectivity index (χ2n) is 6.24. The number of rotatable bonds is 4. The fourth-order valence-electron chi connectivity index (χ4n) is 3.19. The van der Waals surface area contributed by atoms with Crippen LogP contribution in [0.4, 0.5) is 5.69 Å². The number of anilines is 1. The molecule has 0 aromatic heterocycles. The van der Waals surface area contributed by atoms with Crippen LogP contribution in [-0.4, -0.2) is 21.5 Å². The van der Waals surface area contributed by atoms with Gasteiger partial charge in [0.1, 0.15) is 0 Å². The van der Waals surface area contributed by atoms with E-state index in [1.165, 1.54) is 26.3 Å². The molecule has 1 aliphatic carbocycles. The van der Waals surface area contributed by atoms with Crippen LogP contribution >= 0.6 is 0 Å². The van der Waals surface area contributed by atoms with Crippen molar-refractivity contribution >= 4 is 15.7 Å². The third kappa shape index (κ3) is 3.58. The van der Waals surface area contributed by atoms with Crippen molar-refractivity contribution in [3.05, 3.63) is 23.8 Å². The summed E-state index contributed by atoms with van der Waals surface area (Å²) in [5.41, 5.74) is 2.01. The summed E-state index contributed by atoms with van der Waals surface area (Å²) in [5.74, 6) is 1.22. The highest BCUT2D eigenvalue weighted by atomic mass is 32.2. The highest BCUT2D eigenvalue weighted by Gasteiger charge is 2.28. The maximum absolute atomic E-state index is 11.9. The van der Waals surface area contributed by atoms with Gasteiger partial charge in [0.05, 0.1) is 4.90 Å². The van der Waals surface area contributed by atoms with Gasteiger partial charge in [-0.3, -0.25) is 0 Å². The van der Waals surface area contributed by atoms with Gasteiger partial charge in [-0.1, -0.05) is 26.3 Å². The first kappa shape index (κ1) is 16.3. The molecule has 0 radical (unpaired) electrons. The Bertz CT molecular complexity index is 588. The fourth-order valence-corrected chi connectivity index (χ4v) is 3.94. The van der Waals surface area contributed by atoms with Gasteiger partial charge in [-0.15, -0.1) is 0 Å². The monoisotopic (exact) mass is 310 g/mol. The lowest BCUT2D eigenvalue weighted by molar-refractivity contribution is 0.268. The van der Waals surface area contributed by atoms with E-state index in [1.54, 1.807) is 12.1 Å². The Kier molecular flexibility index (Phi) is 4.94. The molecule has 118 valence electrons. The molecule has 2 unspecified atom stereocenters. The summed E-state index contributed by atoms with van der Waals surface area (Å²) < 4.78 is 26.3. The zero-order chi connectivity index (χ0) is 15.6. The normalized spacial score (nSPS) is 26.6. The minimum atomic E-state index is -3.40. The summed E-state index contributed by atoms with van der Waals surface area (Å²) in [6.07, 6.45) is 3.75. The Morgan fingerprint density at radius 2 is 1.76 bits per heavy atom. The maximum atomic E-state index is 11.9. The van der Waals surface area contributed by atoms with Gasteiger partial charge >= 0.3 is 0 Å². The molecule has 0 amide bonds. The van der Waals surface area contributed by atoms with Gasteiger partial charge in [-0.25, -0.2) is 13.1 Å². The maximum Gasteiger partial charge on any atom is 0.240 e. The lowest BCUT2D eigenvalue weighted by atomic mass is 9.78. The Labute approximate surface area is 128 Å². The van der Waals surface area contributed by atoms with Crippen molar-refractivity contribution in [2.45, 2.75) is 51.0 Å². The lowest BCUT2D eigenvalue weighted by Gasteiger charge is -2.36. The average Bonchev–Trinajstić information content (AvgIpc) is 2.44. The molecular formula is C16H26N2O2S. The summed E-state index contributed by atoms with van der Waals surface area (Å²) in [4.78, 5) is 0.314. The smallest absolute Gasteiger partial charge is 0.240 e. The molecule has 1 fully saturated rings. The number of sulfonamides is 1. The molecule has 21 heavy (non-hydrogen) atoms. The van der Waals surface area contributed by atoms with Gasteiger partial charge in [0.15, 0.2) is 0 Å². The fraction of sp³-hybridized carbons (Fsp3) is 0.625. The van der Waals surface area contributed by atoms with E-state index in [0.29, 0.717) is 22.8 Å². The zero-order valence-electron chi connectivity index (χ0n) is 13.3. The van der Waals surface area contributed by atoms with E-state index < -0.39 is 10.0 Å². The van der Waals surface area contributed by atoms with Crippen LogP contribution in [0.15, 0.2) is 23.1 Å². The Morgan fingerprint density at radius 3 is 2.33 bits per heavy atom. The predicted octanol–water partition coefficient (Wildman–Crippen LogP) is 3.14. The van der Waals surface area contributed by atoms with Crippen LogP contribution in [0, 0.1) is 18.8 Å². The van der Waals surface area contributed by atoms with Crippen LogP contribution in [0.1, 0.15) is 38.7 Å². The highest BCUT2D eigenvalue weighted by molar-refractivity contribution is 7.89. The van der Waals surface area contributed by atoms with Crippen molar-refractivity contribution in [2.24, 2.45) is 11.8 Å². The predicted molar refractivity (Wildman–Crippen MR) is 87.0 cm³/mol. The minimum Gasteiger partial charge on any atom is -0.382 e. The van der Waals surface area contributed by atoms with E-state index >= 15 is 0 Å². The van der Waals surface area contributed by atoms with Crippen molar-refractivity contribution in [1.82, 2.24) is 4.72 Å². The van der Waals surface area contributed by atoms with Crippen LogP contribution in [0.5, 0.6) is 0 Å². The van der Waals surface area contributed by atoms with Crippen molar-refractivity contribution in [2.75, 3.05) is 12.4 Å². The molecule has 0 heterocycles. The van der Waals surface area contributed by atoms with E-state index in [2.05, 4.69) is 23.9 Å². The molecular weight excluding hydrogens is 284 g/mol. The third-order valence-corrected chi connectivity index (χ3v) is 6.07. The quantitative estimate of drug-likeness (QED) is 0.898. The molecule has 1 saturated carbocycles. The molecule has 2 rings (SSSR count). The molecule has 0 aliphatic heterocycles. The summed E-state index contributed by atoms with van der Waals surface area (Å²) in [5, 5.41) is 3.59. The molecule has 1 aromatic rings. The Balaban J connectivity index is 2.29. The molecule has 2 atom stereocenters. The third-order valence-electron chi connectivity index (χ3n) is 4.66. The van der Waals surface area contributed by atoms with E-state index in [9.17, 15) is 8.42 Å². The minimum absolute atomic E-state index is 0.314. The van der Waals surface area contributed by atoms with Gasteiger partial charge in [-0.2, -0.15) is 0 Å². The first-order valence-corrected chi connectivity index (χ1v) is 9.14. The number of aryl methyl sites for hydroxylation is 1. The van der Waals surface area contributed by atoms with Crippen LogP contribution in [0.25, 0.3) is 0 Å². The largest absolute Gasteiger partial charge is 0.382 e. The van der Waals surface area contributed by atoms with Gasteiger partial charge < -0.3 is 5.32 Å². The van der Waals surface area contributed by atoms with Crippen molar-refractivity contribution in [1.29, 1.82) is 0 Å². The van der Waals surface area contributed by atoms with E-state index in [1.807, 2.05) is 13.0 Å². The second-order valence-corrected chi connectivity index (χ2v) is 8.13. The van der Waals surface area contributed by atoms with E-state index in [4.69, 9.17) is 0 Å². The number of nitrogens with one attached hydrogen (secondary N) is 2. The SMILES string of the molecule is CNS(=O)(=O)c1ccc(C)c(NC2C(C)CCCC2C)c1. The molecule has 0 saturated heterocycles. The average molecular weight is 310 g/mol. The molecule has 0 spiro atoms. The topological polar surface area (TPSA) is 58.2 Å². The first-order valence-electron chi connectivity index (χ1n) is 7.66. The second kappa shape index (κ2) is 6.36. The van der Waals surface area contributed by atoms with Crippen LogP contribution in [0.2, 0.25) is 0 Å². The van der Waals surface area contributed by atoms with Gasteiger partial charge in [-0.05, 0) is 56.3 Å². The molecule has 0 bridgehead atoms. The van der Waals surface area contributed by atoms with E-state index in [-0.39, 0.29) is 0 Å². The summed E-state index contributed by atoms with van der Waals surface area (Å²) in [7, 11) is -1.96. The molecule has 1 aliphatic rings.